The van der Waals surface area contributed by atoms with Gasteiger partial charge in [0.1, 0.15) is 5.92 Å². The summed E-state index contributed by atoms with van der Waals surface area (Å²) >= 11 is 11.4. The minimum absolute atomic E-state index is 0.302. The number of nitriles is 1. The average molecular weight is 359 g/mol. The van der Waals surface area contributed by atoms with Crippen LogP contribution in [0, 0.1) is 17.2 Å². The minimum atomic E-state index is -1.29. The summed E-state index contributed by atoms with van der Waals surface area (Å²) in [4.78, 5) is 0.357. The Hall–Kier alpha value is -2.00. The molecule has 0 bridgehead atoms. The summed E-state index contributed by atoms with van der Waals surface area (Å²) in [5, 5.41) is 24.2. The van der Waals surface area contributed by atoms with E-state index in [1.54, 1.807) is 19.1 Å². The molecule has 1 aliphatic rings. The number of nitrogens with one attached hydrogen (secondary N) is 1. The highest BCUT2D eigenvalue weighted by atomic mass is 35.5. The molecule has 3 rings (SSSR count). The Kier molecular flexibility index (Phi) is 4.55. The molecular weight excluding hydrogens is 342 g/mol. The second-order valence-electron chi connectivity index (χ2n) is 6.09. The number of nitrogens with zero attached hydrogens (tertiary/aromatic N) is 2. The molecule has 1 aromatic carbocycles. The van der Waals surface area contributed by atoms with Gasteiger partial charge in [-0.2, -0.15) is 9.83 Å². The maximum atomic E-state index is 11.0. The van der Waals surface area contributed by atoms with Crippen LogP contribution in [-0.2, 0) is 0 Å². The minimum Gasteiger partial charge on any atom is -0.366 e. The maximum absolute atomic E-state index is 11.0. The molecule has 0 spiro atoms. The van der Waals surface area contributed by atoms with E-state index < -0.39 is 17.7 Å². The lowest BCUT2D eigenvalue weighted by molar-refractivity contribution is -0.742. The molecule has 0 amide bonds. The molecule has 2 N–H and O–H groups in total. The van der Waals surface area contributed by atoms with Crippen LogP contribution in [0.25, 0.3) is 0 Å². The number of pyridine rings is 1. The van der Waals surface area contributed by atoms with Crippen LogP contribution in [0.2, 0.25) is 5.02 Å². The van der Waals surface area contributed by atoms with Crippen LogP contribution in [-0.4, -0.2) is 15.8 Å². The number of aromatic nitrogens is 1. The molecule has 0 radical (unpaired) electrons. The normalized spacial score (nSPS) is 29.6. The van der Waals surface area contributed by atoms with Gasteiger partial charge >= 0.3 is 0 Å². The molecule has 6 heteroatoms. The smallest absolute Gasteiger partial charge is 0.213 e. The molecule has 1 saturated heterocycles. The van der Waals surface area contributed by atoms with Crippen LogP contribution in [0.1, 0.15) is 24.4 Å². The van der Waals surface area contributed by atoms with Crippen molar-refractivity contribution in [2.75, 3.05) is 0 Å². The number of halogens is 1. The first-order chi connectivity index (χ1) is 11.4. The number of aliphatic hydroxyl groups is 1. The van der Waals surface area contributed by atoms with Gasteiger partial charge in [-0.25, -0.2) is 0 Å². The quantitative estimate of drug-likeness (QED) is 0.640. The van der Waals surface area contributed by atoms with Crippen molar-refractivity contribution in [3.8, 4) is 6.07 Å². The van der Waals surface area contributed by atoms with Crippen molar-refractivity contribution in [2.45, 2.75) is 24.6 Å². The molecule has 4 nitrogen and oxygen atoms in total. The summed E-state index contributed by atoms with van der Waals surface area (Å²) in [7, 11) is 0. The van der Waals surface area contributed by atoms with Gasteiger partial charge < -0.3 is 10.4 Å². The van der Waals surface area contributed by atoms with E-state index in [1.165, 1.54) is 0 Å². The van der Waals surface area contributed by atoms with Crippen LogP contribution in [0.5, 0.6) is 0 Å². The highest BCUT2D eigenvalue weighted by molar-refractivity contribution is 7.80. The van der Waals surface area contributed by atoms with Gasteiger partial charge in [0.15, 0.2) is 18.1 Å². The number of thiocarbonyl (C=S) groups is 1. The number of hydrogen-bond donors (Lipinski definition) is 2. The van der Waals surface area contributed by atoms with Crippen molar-refractivity contribution in [1.29, 1.82) is 5.26 Å². The molecule has 0 aliphatic carbocycles. The molecular formula is C18H17ClN3OS+. The largest absolute Gasteiger partial charge is 0.366 e. The molecule has 122 valence electrons. The summed E-state index contributed by atoms with van der Waals surface area (Å²) in [5.74, 6) is -0.845. The Morgan fingerprint density at radius 2 is 1.88 bits per heavy atom. The van der Waals surface area contributed by atoms with Crippen LogP contribution >= 0.6 is 23.8 Å². The number of rotatable bonds is 2. The van der Waals surface area contributed by atoms with E-state index in [0.717, 1.165) is 5.56 Å². The van der Waals surface area contributed by atoms with Crippen molar-refractivity contribution in [2.24, 2.45) is 5.92 Å². The molecule has 1 aliphatic heterocycles. The summed E-state index contributed by atoms with van der Waals surface area (Å²) in [6.45, 7) is 1.68. The average Bonchev–Trinajstić information content (AvgIpc) is 2.55. The zero-order valence-electron chi connectivity index (χ0n) is 13.1. The van der Waals surface area contributed by atoms with Gasteiger partial charge in [0.05, 0.1) is 17.0 Å². The number of hydrogen-bond acceptors (Lipinski definition) is 3. The third-order valence-electron chi connectivity index (χ3n) is 4.39. The predicted octanol–water partition coefficient (Wildman–Crippen LogP) is 2.73. The fourth-order valence-electron chi connectivity index (χ4n) is 3.37. The third kappa shape index (κ3) is 3.01. The van der Waals surface area contributed by atoms with Crippen molar-refractivity contribution < 1.29 is 9.67 Å². The Bertz CT molecular complexity index is 786. The molecule has 1 fully saturated rings. The first-order valence-corrected chi connectivity index (χ1v) is 8.38. The van der Waals surface area contributed by atoms with Gasteiger partial charge in [-0.15, -0.1) is 0 Å². The molecule has 0 saturated carbocycles. The van der Waals surface area contributed by atoms with E-state index in [0.29, 0.717) is 10.0 Å². The maximum Gasteiger partial charge on any atom is 0.213 e. The van der Waals surface area contributed by atoms with Gasteiger partial charge in [-0.1, -0.05) is 42.0 Å². The highest BCUT2D eigenvalue weighted by Gasteiger charge is 2.54. The standard InChI is InChI=1S/C18H16ClN3OS/c1-18(23)16(22-9-3-2-4-10-22)15(14(11-20)17(24)21-18)12-5-7-13(19)8-6-12/h2-10,14-16,23H,1H3/p+1/t14-,15+,16-,18-/m1/s1. The van der Waals surface area contributed by atoms with Gasteiger partial charge in [0, 0.05) is 17.2 Å². The monoisotopic (exact) mass is 358 g/mol. The Morgan fingerprint density at radius 3 is 2.46 bits per heavy atom. The van der Waals surface area contributed by atoms with Gasteiger partial charge in [-0.3, -0.25) is 0 Å². The van der Waals surface area contributed by atoms with Crippen molar-refractivity contribution in [3.63, 3.8) is 0 Å². The summed E-state index contributed by atoms with van der Waals surface area (Å²) in [5.41, 5.74) is -0.378. The van der Waals surface area contributed by atoms with E-state index >= 15 is 0 Å². The fraction of sp³-hybridized carbons (Fsp3) is 0.278. The van der Waals surface area contributed by atoms with E-state index in [9.17, 15) is 10.4 Å². The summed E-state index contributed by atoms with van der Waals surface area (Å²) in [6, 6.07) is 14.9. The molecule has 2 aromatic rings. The van der Waals surface area contributed by atoms with E-state index in [4.69, 9.17) is 23.8 Å². The second-order valence-corrected chi connectivity index (χ2v) is 6.96. The number of piperidine rings is 1. The van der Waals surface area contributed by atoms with Crippen LogP contribution < -0.4 is 9.88 Å². The SMILES string of the molecule is C[C@]1(O)NC(=S)[C@H](C#N)[C@H](c2ccc(Cl)cc2)[C@H]1[n+]1ccccc1. The zero-order chi connectivity index (χ0) is 17.3. The lowest BCUT2D eigenvalue weighted by Gasteiger charge is -2.42. The molecule has 1 aromatic heterocycles. The van der Waals surface area contributed by atoms with Crippen LogP contribution in [0.4, 0.5) is 0 Å². The topological polar surface area (TPSA) is 59.9 Å². The molecule has 0 unspecified atom stereocenters. The second kappa shape index (κ2) is 6.48. The Labute approximate surface area is 151 Å². The Balaban J connectivity index is 2.17. The summed E-state index contributed by atoms with van der Waals surface area (Å²) < 4.78 is 1.92. The van der Waals surface area contributed by atoms with Gasteiger partial charge in [0.2, 0.25) is 6.04 Å². The third-order valence-corrected chi connectivity index (χ3v) is 5.00. The number of benzene rings is 1. The fourth-order valence-corrected chi connectivity index (χ4v) is 3.90. The van der Waals surface area contributed by atoms with Crippen molar-refractivity contribution in [1.82, 2.24) is 5.32 Å². The van der Waals surface area contributed by atoms with Gasteiger partial charge in [-0.05, 0) is 24.6 Å². The van der Waals surface area contributed by atoms with Crippen molar-refractivity contribution in [3.05, 3.63) is 65.4 Å². The first kappa shape index (κ1) is 16.8. The van der Waals surface area contributed by atoms with Crippen LogP contribution in [0.3, 0.4) is 0 Å². The molecule has 2 heterocycles. The summed E-state index contributed by atoms with van der Waals surface area (Å²) in [6.07, 6.45) is 3.76. The Morgan fingerprint density at radius 1 is 1.25 bits per heavy atom. The van der Waals surface area contributed by atoms with E-state index in [2.05, 4.69) is 11.4 Å². The van der Waals surface area contributed by atoms with E-state index in [1.807, 2.05) is 47.3 Å². The first-order valence-electron chi connectivity index (χ1n) is 7.59. The lowest BCUT2D eigenvalue weighted by atomic mass is 9.74. The zero-order valence-corrected chi connectivity index (χ0v) is 14.6. The highest BCUT2D eigenvalue weighted by Crippen LogP contribution is 2.42. The van der Waals surface area contributed by atoms with Gasteiger partial charge in [0.25, 0.3) is 0 Å². The van der Waals surface area contributed by atoms with E-state index in [-0.39, 0.29) is 5.92 Å². The van der Waals surface area contributed by atoms with Crippen LogP contribution in [0.15, 0.2) is 54.9 Å². The molecule has 4 atom stereocenters. The molecule has 24 heavy (non-hydrogen) atoms. The predicted molar refractivity (Wildman–Crippen MR) is 95.3 cm³/mol. The van der Waals surface area contributed by atoms with Crippen molar-refractivity contribution >= 4 is 28.8 Å². The lowest BCUT2D eigenvalue weighted by Crippen LogP contribution is -2.67.